The van der Waals surface area contributed by atoms with Crippen LogP contribution in [-0.4, -0.2) is 23.4 Å². The fraction of sp³-hybridized carbons (Fsp3) is 0.250. The van der Waals surface area contributed by atoms with Crippen LogP contribution < -0.4 is 9.47 Å². The third-order valence-electron chi connectivity index (χ3n) is 2.80. The third kappa shape index (κ3) is 3.98. The average Bonchev–Trinajstić information content (AvgIpc) is 2.52. The van der Waals surface area contributed by atoms with E-state index in [1.165, 1.54) is 0 Å². The molecule has 0 aliphatic heterocycles. The van der Waals surface area contributed by atoms with E-state index < -0.39 is 0 Å². The van der Waals surface area contributed by atoms with Gasteiger partial charge in [-0.2, -0.15) is 0 Å². The first-order chi connectivity index (χ1) is 9.83. The second kappa shape index (κ2) is 7.53. The Labute approximate surface area is 118 Å². The van der Waals surface area contributed by atoms with Crippen molar-refractivity contribution in [2.45, 2.75) is 13.2 Å². The molecule has 4 heteroatoms. The van der Waals surface area contributed by atoms with E-state index in [4.69, 9.17) is 19.7 Å². The molecule has 4 nitrogen and oxygen atoms in total. The molecule has 0 unspecified atom stereocenters. The minimum atomic E-state index is -0.0308. The van der Waals surface area contributed by atoms with Crippen molar-refractivity contribution in [1.29, 1.82) is 0 Å². The molecule has 0 aliphatic carbocycles. The van der Waals surface area contributed by atoms with Crippen molar-refractivity contribution >= 4 is 0 Å². The molecule has 0 fully saturated rings. The molecular weight excluding hydrogens is 256 g/mol. The third-order valence-corrected chi connectivity index (χ3v) is 2.80. The Morgan fingerprint density at radius 2 is 1.35 bits per heavy atom. The van der Waals surface area contributed by atoms with Crippen LogP contribution in [0.5, 0.6) is 11.5 Å². The summed E-state index contributed by atoms with van der Waals surface area (Å²) in [6.07, 6.45) is 0. The molecule has 2 aromatic rings. The molecular formula is C16H18O4. The molecule has 2 N–H and O–H groups in total. The van der Waals surface area contributed by atoms with E-state index in [0.29, 0.717) is 18.1 Å². The molecule has 0 aromatic heterocycles. The summed E-state index contributed by atoms with van der Waals surface area (Å²) in [5.74, 6) is 1.26. The van der Waals surface area contributed by atoms with Gasteiger partial charge in [-0.05, 0) is 23.3 Å². The van der Waals surface area contributed by atoms with E-state index >= 15 is 0 Å². The Kier molecular flexibility index (Phi) is 5.41. The van der Waals surface area contributed by atoms with Crippen LogP contribution in [-0.2, 0) is 13.2 Å². The summed E-state index contributed by atoms with van der Waals surface area (Å²) < 4.78 is 11.1. The van der Waals surface area contributed by atoms with E-state index in [9.17, 15) is 0 Å². The summed E-state index contributed by atoms with van der Waals surface area (Å²) in [4.78, 5) is 0. The number of hydrogen-bond donors (Lipinski definition) is 2. The zero-order chi connectivity index (χ0) is 14.2. The number of para-hydroxylation sites is 2. The zero-order valence-corrected chi connectivity index (χ0v) is 11.2. The van der Waals surface area contributed by atoms with E-state index in [2.05, 4.69) is 0 Å². The van der Waals surface area contributed by atoms with Gasteiger partial charge in [0, 0.05) is 0 Å². The first-order valence-corrected chi connectivity index (χ1v) is 6.47. The normalized spacial score (nSPS) is 10.3. The number of rotatable bonds is 7. The maximum absolute atomic E-state index is 8.99. The predicted octanol–water partition coefficient (Wildman–Crippen LogP) is 2.13. The number of aliphatic hydroxyl groups excluding tert-OH is 2. The summed E-state index contributed by atoms with van der Waals surface area (Å²) in [7, 11) is 0. The first-order valence-electron chi connectivity index (χ1n) is 6.47. The van der Waals surface area contributed by atoms with Gasteiger partial charge >= 0.3 is 0 Å². The van der Waals surface area contributed by atoms with Gasteiger partial charge in [0.15, 0.2) is 11.5 Å². The van der Waals surface area contributed by atoms with Gasteiger partial charge in [0.05, 0.1) is 13.2 Å². The van der Waals surface area contributed by atoms with Gasteiger partial charge in [-0.1, -0.05) is 36.4 Å². The van der Waals surface area contributed by atoms with Crippen LogP contribution in [0.2, 0.25) is 0 Å². The predicted molar refractivity (Wildman–Crippen MR) is 75.7 cm³/mol. The van der Waals surface area contributed by atoms with Crippen molar-refractivity contribution in [2.24, 2.45) is 0 Å². The van der Waals surface area contributed by atoms with Gasteiger partial charge in [-0.15, -0.1) is 0 Å². The number of aliphatic hydroxyl groups is 2. The monoisotopic (exact) mass is 274 g/mol. The summed E-state index contributed by atoms with van der Waals surface area (Å²) in [5, 5.41) is 17.8. The lowest BCUT2D eigenvalue weighted by molar-refractivity contribution is 0.192. The molecule has 2 aromatic carbocycles. The van der Waals surface area contributed by atoms with Crippen molar-refractivity contribution in [2.75, 3.05) is 13.2 Å². The Hall–Kier alpha value is -2.04. The van der Waals surface area contributed by atoms with Crippen molar-refractivity contribution in [1.82, 2.24) is 0 Å². The second-order valence-electron chi connectivity index (χ2n) is 4.28. The molecule has 0 saturated heterocycles. The number of benzene rings is 2. The van der Waals surface area contributed by atoms with E-state index in [0.717, 1.165) is 11.1 Å². The molecule has 0 bridgehead atoms. The van der Waals surface area contributed by atoms with Gasteiger partial charge in [0.1, 0.15) is 13.2 Å². The Morgan fingerprint density at radius 1 is 0.750 bits per heavy atom. The highest BCUT2D eigenvalue weighted by Gasteiger charge is 2.04. The lowest BCUT2D eigenvalue weighted by Crippen LogP contribution is -2.04. The lowest BCUT2D eigenvalue weighted by Gasteiger charge is -2.12. The Balaban J connectivity index is 1.98. The summed E-state index contributed by atoms with van der Waals surface area (Å²) >= 11 is 0. The average molecular weight is 274 g/mol. The molecule has 0 amide bonds. The fourth-order valence-corrected chi connectivity index (χ4v) is 1.75. The summed E-state index contributed by atoms with van der Waals surface area (Å²) in [5.41, 5.74) is 1.89. The van der Waals surface area contributed by atoms with E-state index in [1.807, 2.05) is 42.5 Å². The smallest absolute Gasteiger partial charge is 0.161 e. The van der Waals surface area contributed by atoms with Crippen molar-refractivity contribution in [3.8, 4) is 11.5 Å². The number of hydrogen-bond acceptors (Lipinski definition) is 4. The molecule has 0 saturated carbocycles. The van der Waals surface area contributed by atoms with Crippen LogP contribution in [0.4, 0.5) is 0 Å². The van der Waals surface area contributed by atoms with Crippen LogP contribution >= 0.6 is 0 Å². The largest absolute Gasteiger partial charge is 0.487 e. The van der Waals surface area contributed by atoms with Crippen LogP contribution in [0.15, 0.2) is 48.5 Å². The standard InChI is InChI=1S/C16H18O4/c17-9-10-19-15-3-1-2-4-16(15)20-12-14-7-5-13(11-18)6-8-14/h1-8,17-18H,9-12H2. The van der Waals surface area contributed by atoms with Crippen LogP contribution in [0.1, 0.15) is 11.1 Å². The van der Waals surface area contributed by atoms with Gasteiger partial charge < -0.3 is 19.7 Å². The lowest BCUT2D eigenvalue weighted by atomic mass is 10.1. The van der Waals surface area contributed by atoms with Crippen molar-refractivity contribution in [3.05, 3.63) is 59.7 Å². The quantitative estimate of drug-likeness (QED) is 0.812. The molecule has 0 spiro atoms. The van der Waals surface area contributed by atoms with Gasteiger partial charge in [-0.3, -0.25) is 0 Å². The van der Waals surface area contributed by atoms with Gasteiger partial charge in [0.2, 0.25) is 0 Å². The summed E-state index contributed by atoms with van der Waals surface area (Å²) in [6.45, 7) is 0.673. The topological polar surface area (TPSA) is 58.9 Å². The van der Waals surface area contributed by atoms with Crippen LogP contribution in [0.3, 0.4) is 0 Å². The zero-order valence-electron chi connectivity index (χ0n) is 11.2. The van der Waals surface area contributed by atoms with Crippen LogP contribution in [0, 0.1) is 0 Å². The maximum Gasteiger partial charge on any atom is 0.161 e. The minimum absolute atomic E-state index is 0.0308. The maximum atomic E-state index is 8.99. The highest BCUT2D eigenvalue weighted by Crippen LogP contribution is 2.27. The molecule has 0 aliphatic rings. The molecule has 0 atom stereocenters. The van der Waals surface area contributed by atoms with E-state index in [-0.39, 0.29) is 19.8 Å². The van der Waals surface area contributed by atoms with Gasteiger partial charge in [0.25, 0.3) is 0 Å². The molecule has 0 radical (unpaired) electrons. The van der Waals surface area contributed by atoms with Crippen molar-refractivity contribution < 1.29 is 19.7 Å². The minimum Gasteiger partial charge on any atom is -0.487 e. The number of ether oxygens (including phenoxy) is 2. The summed E-state index contributed by atoms with van der Waals surface area (Å²) in [6, 6.07) is 14.9. The van der Waals surface area contributed by atoms with Gasteiger partial charge in [-0.25, -0.2) is 0 Å². The second-order valence-corrected chi connectivity index (χ2v) is 4.28. The van der Waals surface area contributed by atoms with Crippen LogP contribution in [0.25, 0.3) is 0 Å². The highest BCUT2D eigenvalue weighted by atomic mass is 16.5. The van der Waals surface area contributed by atoms with E-state index in [1.54, 1.807) is 6.07 Å². The highest BCUT2D eigenvalue weighted by molar-refractivity contribution is 5.39. The molecule has 2 rings (SSSR count). The van der Waals surface area contributed by atoms with Crippen molar-refractivity contribution in [3.63, 3.8) is 0 Å². The Bertz CT molecular complexity index is 522. The molecule has 106 valence electrons. The molecule has 0 heterocycles. The SMILES string of the molecule is OCCOc1ccccc1OCc1ccc(CO)cc1. The Morgan fingerprint density at radius 3 is 1.95 bits per heavy atom. The first kappa shape index (κ1) is 14.4. The molecule has 20 heavy (non-hydrogen) atoms. The fourth-order valence-electron chi connectivity index (χ4n) is 1.75.